The van der Waals surface area contributed by atoms with Crippen molar-refractivity contribution in [3.05, 3.63) is 35.9 Å². The summed E-state index contributed by atoms with van der Waals surface area (Å²) < 4.78 is 37.9. The number of benzene rings is 1. The van der Waals surface area contributed by atoms with Gasteiger partial charge in [-0.1, -0.05) is 30.3 Å². The molecule has 0 spiro atoms. The number of hydrogen-bond donors (Lipinski definition) is 1. The lowest BCUT2D eigenvalue weighted by Crippen LogP contribution is -2.47. The van der Waals surface area contributed by atoms with Crippen LogP contribution in [0, 0.1) is 0 Å². The van der Waals surface area contributed by atoms with Crippen molar-refractivity contribution in [1.82, 2.24) is 10.2 Å². The van der Waals surface area contributed by atoms with Gasteiger partial charge in [0.25, 0.3) is 0 Å². The number of aliphatic imine (C=N–C) groups is 1. The molecule has 1 amide bonds. The zero-order chi connectivity index (χ0) is 14.6. The first-order chi connectivity index (χ1) is 9.47. The Labute approximate surface area is 114 Å². The molecule has 0 saturated carbocycles. The van der Waals surface area contributed by atoms with Crippen LogP contribution in [0.15, 0.2) is 35.3 Å². The predicted molar refractivity (Wildman–Crippen MR) is 68.2 cm³/mol. The average Bonchev–Trinajstić information content (AvgIpc) is 2.90. The summed E-state index contributed by atoms with van der Waals surface area (Å²) in [6.07, 6.45) is -3.42. The Hall–Kier alpha value is -2.05. The number of halogens is 3. The Bertz CT molecular complexity index is 479. The number of carbonyl (C=O) groups excluding carboxylic acids is 1. The fraction of sp³-hybridized carbons (Fsp3) is 0.385. The zero-order valence-electron chi connectivity index (χ0n) is 10.6. The van der Waals surface area contributed by atoms with Gasteiger partial charge in [-0.05, 0) is 5.56 Å². The minimum atomic E-state index is -4.87. The lowest BCUT2D eigenvalue weighted by atomic mass is 10.2. The molecule has 0 aromatic heterocycles. The van der Waals surface area contributed by atoms with E-state index in [0.29, 0.717) is 12.1 Å². The molecule has 1 aromatic rings. The molecule has 1 heterocycles. The number of alkyl halides is 3. The standard InChI is InChI=1S/C13H14F3N3O/c14-13(15,16)12(20)19(8-11-6-17-9-18-11)7-10-4-2-1-3-5-10/h1-5,9,11H,6-8H2,(H,17,18). The van der Waals surface area contributed by atoms with Gasteiger partial charge < -0.3 is 10.2 Å². The van der Waals surface area contributed by atoms with Crippen molar-refractivity contribution in [3.63, 3.8) is 0 Å². The van der Waals surface area contributed by atoms with Gasteiger partial charge in [0.2, 0.25) is 0 Å². The van der Waals surface area contributed by atoms with E-state index in [0.717, 1.165) is 4.90 Å². The highest BCUT2D eigenvalue weighted by Gasteiger charge is 2.43. The van der Waals surface area contributed by atoms with Crippen LogP contribution in [0.3, 0.4) is 0 Å². The maximum atomic E-state index is 12.6. The Kier molecular flexibility index (Phi) is 4.26. The van der Waals surface area contributed by atoms with Gasteiger partial charge in [-0.2, -0.15) is 13.2 Å². The zero-order valence-corrected chi connectivity index (χ0v) is 10.6. The van der Waals surface area contributed by atoms with Gasteiger partial charge in [-0.15, -0.1) is 0 Å². The summed E-state index contributed by atoms with van der Waals surface area (Å²) in [4.78, 5) is 16.2. The number of rotatable bonds is 4. The van der Waals surface area contributed by atoms with Crippen molar-refractivity contribution in [2.24, 2.45) is 4.99 Å². The van der Waals surface area contributed by atoms with Crippen LogP contribution in [0.4, 0.5) is 13.2 Å². The van der Waals surface area contributed by atoms with E-state index >= 15 is 0 Å². The smallest absolute Gasteiger partial charge is 0.370 e. The SMILES string of the molecule is O=C(N(Cc1ccccc1)CC1CN=CN1)C(F)(F)F. The van der Waals surface area contributed by atoms with Crippen molar-refractivity contribution in [2.45, 2.75) is 18.8 Å². The highest BCUT2D eigenvalue weighted by molar-refractivity contribution is 5.82. The van der Waals surface area contributed by atoms with Gasteiger partial charge in [0.15, 0.2) is 0 Å². The first kappa shape index (κ1) is 14.4. The minimum absolute atomic E-state index is 0.0345. The molecule has 1 aliphatic rings. The summed E-state index contributed by atoms with van der Waals surface area (Å²) in [6.45, 7) is 0.265. The molecule has 4 nitrogen and oxygen atoms in total. The second-order valence-corrected chi connectivity index (χ2v) is 4.53. The normalized spacial score (nSPS) is 17.9. The van der Waals surface area contributed by atoms with Crippen molar-refractivity contribution in [1.29, 1.82) is 0 Å². The van der Waals surface area contributed by atoms with Crippen molar-refractivity contribution >= 4 is 12.2 Å². The summed E-state index contributed by atoms with van der Waals surface area (Å²) >= 11 is 0. The molecule has 1 atom stereocenters. The summed E-state index contributed by atoms with van der Waals surface area (Å²) in [5, 5.41) is 2.83. The second-order valence-electron chi connectivity index (χ2n) is 4.53. The van der Waals surface area contributed by atoms with Gasteiger partial charge in [0.05, 0.1) is 18.9 Å². The number of nitrogens with one attached hydrogen (secondary N) is 1. The largest absolute Gasteiger partial charge is 0.471 e. The van der Waals surface area contributed by atoms with Crippen LogP contribution >= 0.6 is 0 Å². The topological polar surface area (TPSA) is 44.7 Å². The molecule has 1 N–H and O–H groups in total. The molecule has 2 rings (SSSR count). The van der Waals surface area contributed by atoms with Gasteiger partial charge in [-0.3, -0.25) is 9.79 Å². The Morgan fingerprint density at radius 1 is 1.35 bits per heavy atom. The third-order valence-electron chi connectivity index (χ3n) is 2.91. The van der Waals surface area contributed by atoms with E-state index in [-0.39, 0.29) is 19.1 Å². The van der Waals surface area contributed by atoms with Crippen LogP contribution in [0.1, 0.15) is 5.56 Å². The first-order valence-electron chi connectivity index (χ1n) is 6.11. The Morgan fingerprint density at radius 3 is 2.60 bits per heavy atom. The van der Waals surface area contributed by atoms with Crippen LogP contribution in [-0.2, 0) is 11.3 Å². The number of hydrogen-bond acceptors (Lipinski definition) is 3. The first-order valence-corrected chi connectivity index (χ1v) is 6.11. The molecule has 20 heavy (non-hydrogen) atoms. The molecule has 0 fully saturated rings. The highest BCUT2D eigenvalue weighted by Crippen LogP contribution is 2.20. The van der Waals surface area contributed by atoms with Crippen molar-refractivity contribution in [3.8, 4) is 0 Å². The van der Waals surface area contributed by atoms with Gasteiger partial charge >= 0.3 is 12.1 Å². The fourth-order valence-corrected chi connectivity index (χ4v) is 1.97. The molecule has 1 aromatic carbocycles. The number of nitrogens with zero attached hydrogens (tertiary/aromatic N) is 2. The maximum absolute atomic E-state index is 12.6. The van der Waals surface area contributed by atoms with Crippen molar-refractivity contribution < 1.29 is 18.0 Å². The van der Waals surface area contributed by atoms with Crippen LogP contribution in [0.2, 0.25) is 0 Å². The molecular weight excluding hydrogens is 271 g/mol. The maximum Gasteiger partial charge on any atom is 0.471 e. The Balaban J connectivity index is 2.09. The van der Waals surface area contributed by atoms with E-state index in [1.165, 1.54) is 6.34 Å². The van der Waals surface area contributed by atoms with Crippen molar-refractivity contribution in [2.75, 3.05) is 13.1 Å². The number of carbonyl (C=O) groups is 1. The molecule has 0 bridgehead atoms. The lowest BCUT2D eigenvalue weighted by Gasteiger charge is -2.26. The Morgan fingerprint density at radius 2 is 2.05 bits per heavy atom. The van der Waals surface area contributed by atoms with E-state index in [9.17, 15) is 18.0 Å². The second kappa shape index (κ2) is 5.94. The third-order valence-corrected chi connectivity index (χ3v) is 2.91. The highest BCUT2D eigenvalue weighted by atomic mass is 19.4. The molecule has 0 aliphatic carbocycles. The van der Waals surface area contributed by atoms with E-state index in [1.54, 1.807) is 30.3 Å². The molecule has 0 radical (unpaired) electrons. The minimum Gasteiger partial charge on any atom is -0.370 e. The lowest BCUT2D eigenvalue weighted by molar-refractivity contribution is -0.186. The predicted octanol–water partition coefficient (Wildman–Crippen LogP) is 1.58. The van der Waals surface area contributed by atoms with Crippen LogP contribution in [0.5, 0.6) is 0 Å². The monoisotopic (exact) mass is 285 g/mol. The summed E-state index contributed by atoms with van der Waals surface area (Å²) in [6, 6.07) is 8.33. The molecule has 0 saturated heterocycles. The van der Waals surface area contributed by atoms with Gasteiger partial charge in [0.1, 0.15) is 0 Å². The summed E-state index contributed by atoms with van der Waals surface area (Å²) in [5.74, 6) is -1.82. The van der Waals surface area contributed by atoms with E-state index in [2.05, 4.69) is 10.3 Å². The van der Waals surface area contributed by atoms with Gasteiger partial charge in [-0.25, -0.2) is 0 Å². The van der Waals surface area contributed by atoms with E-state index in [1.807, 2.05) is 0 Å². The quantitative estimate of drug-likeness (QED) is 0.913. The molecular formula is C13H14F3N3O. The van der Waals surface area contributed by atoms with Crippen LogP contribution in [-0.4, -0.2) is 42.5 Å². The van der Waals surface area contributed by atoms with Crippen LogP contribution < -0.4 is 5.32 Å². The molecule has 1 unspecified atom stereocenters. The molecule has 1 aliphatic heterocycles. The van der Waals surface area contributed by atoms with Crippen LogP contribution in [0.25, 0.3) is 0 Å². The van der Waals surface area contributed by atoms with E-state index in [4.69, 9.17) is 0 Å². The molecule has 108 valence electrons. The summed E-state index contributed by atoms with van der Waals surface area (Å²) in [7, 11) is 0. The average molecular weight is 285 g/mol. The molecule has 7 heteroatoms. The van der Waals surface area contributed by atoms with E-state index < -0.39 is 12.1 Å². The fourth-order valence-electron chi connectivity index (χ4n) is 1.97. The van der Waals surface area contributed by atoms with Gasteiger partial charge in [0, 0.05) is 13.1 Å². The third kappa shape index (κ3) is 3.72. The number of amides is 1. The summed E-state index contributed by atoms with van der Waals surface area (Å²) in [5.41, 5.74) is 0.656.